The molecule has 0 bridgehead atoms. The largest absolute Gasteiger partial charge is 0.500 e. The highest BCUT2D eigenvalue weighted by atomic mass is 28.4. The Morgan fingerprint density at radius 1 is 0.762 bits per heavy atom. The van der Waals surface area contributed by atoms with E-state index < -0.39 is 25.3 Å². The van der Waals surface area contributed by atoms with Crippen molar-refractivity contribution in [1.82, 2.24) is 4.23 Å². The highest BCUT2D eigenvalue weighted by Gasteiger charge is 2.37. The van der Waals surface area contributed by atoms with Gasteiger partial charge in [-0.25, -0.2) is 0 Å². The van der Waals surface area contributed by atoms with E-state index in [1.165, 1.54) is 0 Å². The number of ether oxygens (including phenoxy) is 1. The fraction of sp³-hybridized carbons (Fsp3) is 1.00. The van der Waals surface area contributed by atoms with Crippen molar-refractivity contribution in [1.29, 1.82) is 0 Å². The molecule has 0 aromatic rings. The van der Waals surface area contributed by atoms with E-state index in [-0.39, 0.29) is 0 Å². The Bertz CT molecular complexity index is 266. The van der Waals surface area contributed by atoms with Gasteiger partial charge in [-0.05, 0) is 6.42 Å². The lowest BCUT2D eigenvalue weighted by Gasteiger charge is -2.43. The van der Waals surface area contributed by atoms with Crippen LogP contribution in [0, 0.1) is 0 Å². The van der Waals surface area contributed by atoms with Crippen molar-refractivity contribution in [3.63, 3.8) is 0 Å². The Morgan fingerprint density at radius 3 is 1.52 bits per heavy atom. The molecular weight excluding hydrogens is 318 g/mol. The second-order valence-electron chi connectivity index (χ2n) is 7.21. The Kier molecular flexibility index (Phi) is 9.11. The summed E-state index contributed by atoms with van der Waals surface area (Å²) in [5, 5.41) is 0. The van der Waals surface area contributed by atoms with Gasteiger partial charge in [-0.15, -0.1) is 0 Å². The molecule has 0 saturated carbocycles. The zero-order valence-corrected chi connectivity index (χ0v) is 18.4. The van der Waals surface area contributed by atoms with Crippen LogP contribution in [0.5, 0.6) is 0 Å². The summed E-state index contributed by atoms with van der Waals surface area (Å²) in [4.78, 5) is 0. The molecule has 0 aliphatic rings. The number of nitrogens with zero attached hydrogens (tertiary/aromatic N) is 1. The molecule has 0 N–H and O–H groups in total. The molecule has 0 atom stereocenters. The first-order chi connectivity index (χ1) is 9.52. The van der Waals surface area contributed by atoms with Gasteiger partial charge in [-0.3, -0.25) is 0 Å². The maximum absolute atomic E-state index is 5.93. The predicted octanol–water partition coefficient (Wildman–Crippen LogP) is 3.20. The number of rotatable bonds is 11. The van der Waals surface area contributed by atoms with Gasteiger partial charge < -0.3 is 22.2 Å². The lowest BCUT2D eigenvalue weighted by atomic mass is 10.5. The average Bonchev–Trinajstić information content (AvgIpc) is 2.36. The van der Waals surface area contributed by atoms with Gasteiger partial charge in [0.05, 0.1) is 6.73 Å². The highest BCUT2D eigenvalue weighted by molar-refractivity contribution is 6.89. The third kappa shape index (κ3) is 7.51. The predicted molar refractivity (Wildman–Crippen MR) is 95.6 cm³/mol. The second-order valence-corrected chi connectivity index (χ2v) is 20.5. The quantitative estimate of drug-likeness (QED) is 0.324. The fourth-order valence-electron chi connectivity index (χ4n) is 2.50. The second kappa shape index (κ2) is 8.92. The zero-order chi connectivity index (χ0) is 16.7. The van der Waals surface area contributed by atoms with Crippen molar-refractivity contribution >= 4 is 25.3 Å². The lowest BCUT2D eigenvalue weighted by molar-refractivity contribution is 0.0843. The summed E-state index contributed by atoms with van der Waals surface area (Å²) in [7, 11) is -0.161. The molecule has 0 aliphatic heterocycles. The molecule has 0 aromatic carbocycles. The van der Waals surface area contributed by atoms with E-state index in [1.54, 1.807) is 21.3 Å². The molecule has 21 heavy (non-hydrogen) atoms. The van der Waals surface area contributed by atoms with E-state index in [4.69, 9.17) is 18.0 Å². The summed E-state index contributed by atoms with van der Waals surface area (Å²) in [5.41, 5.74) is 0. The molecule has 0 rings (SSSR count). The van der Waals surface area contributed by atoms with Crippen LogP contribution in [-0.4, -0.2) is 64.2 Å². The minimum absolute atomic E-state index is 0.719. The van der Waals surface area contributed by atoms with Crippen molar-refractivity contribution in [2.24, 2.45) is 0 Å². The van der Waals surface area contributed by atoms with Gasteiger partial charge in [0.2, 0.25) is 0 Å². The Hall–Kier alpha value is 0.451. The standard InChI is InChI=1S/C13H35NO4Si3/c1-15-21(16-2,17-3)12-10-11-18-13-14(19(4,5)6)20(7,8)9/h10-13H2,1-9H3. The average molecular weight is 354 g/mol. The Balaban J connectivity index is 4.25. The van der Waals surface area contributed by atoms with Gasteiger partial charge in [0.1, 0.15) is 16.5 Å². The molecule has 0 aromatic heterocycles. The summed E-state index contributed by atoms with van der Waals surface area (Å²) >= 11 is 0. The smallest absolute Gasteiger partial charge is 0.377 e. The topological polar surface area (TPSA) is 40.2 Å². The van der Waals surface area contributed by atoms with Crippen LogP contribution in [0.15, 0.2) is 0 Å². The van der Waals surface area contributed by atoms with Crippen molar-refractivity contribution in [3.05, 3.63) is 0 Å². The van der Waals surface area contributed by atoms with Crippen LogP contribution in [0.3, 0.4) is 0 Å². The van der Waals surface area contributed by atoms with Crippen LogP contribution in [0.4, 0.5) is 0 Å². The maximum Gasteiger partial charge on any atom is 0.500 e. The van der Waals surface area contributed by atoms with Crippen LogP contribution in [0.2, 0.25) is 45.3 Å². The fourth-order valence-corrected chi connectivity index (χ4v) is 13.2. The molecule has 0 spiro atoms. The summed E-state index contributed by atoms with van der Waals surface area (Å²) in [5.74, 6) is 0. The number of hydrogen-bond donors (Lipinski definition) is 0. The first-order valence-corrected chi connectivity index (χ1v) is 16.4. The van der Waals surface area contributed by atoms with Crippen molar-refractivity contribution < 1.29 is 18.0 Å². The zero-order valence-electron chi connectivity index (χ0n) is 15.4. The summed E-state index contributed by atoms with van der Waals surface area (Å²) in [6.07, 6.45) is 0.896. The molecule has 0 radical (unpaired) electrons. The van der Waals surface area contributed by atoms with Crippen molar-refractivity contribution in [2.75, 3.05) is 34.7 Å². The van der Waals surface area contributed by atoms with Gasteiger partial charge in [-0.1, -0.05) is 39.3 Å². The van der Waals surface area contributed by atoms with Crippen LogP contribution in [-0.2, 0) is 18.0 Å². The van der Waals surface area contributed by atoms with E-state index in [2.05, 4.69) is 43.5 Å². The van der Waals surface area contributed by atoms with Crippen molar-refractivity contribution in [3.8, 4) is 0 Å². The lowest BCUT2D eigenvalue weighted by Crippen LogP contribution is -2.59. The van der Waals surface area contributed by atoms with E-state index in [0.29, 0.717) is 0 Å². The normalized spacial score (nSPS) is 14.0. The van der Waals surface area contributed by atoms with Crippen LogP contribution >= 0.6 is 0 Å². The molecule has 0 aliphatic carbocycles. The third-order valence-electron chi connectivity index (χ3n) is 3.54. The molecule has 128 valence electrons. The molecule has 0 saturated heterocycles. The summed E-state index contributed by atoms with van der Waals surface area (Å²) in [6.45, 7) is 15.8. The summed E-state index contributed by atoms with van der Waals surface area (Å²) in [6, 6.07) is 0.788. The van der Waals surface area contributed by atoms with Gasteiger partial charge in [0.25, 0.3) is 0 Å². The first-order valence-electron chi connectivity index (χ1n) is 7.53. The molecule has 0 fully saturated rings. The highest BCUT2D eigenvalue weighted by Crippen LogP contribution is 2.20. The molecule has 8 heteroatoms. The Morgan fingerprint density at radius 2 is 1.19 bits per heavy atom. The minimum Gasteiger partial charge on any atom is -0.377 e. The van der Waals surface area contributed by atoms with E-state index in [9.17, 15) is 0 Å². The van der Waals surface area contributed by atoms with Crippen LogP contribution in [0.25, 0.3) is 0 Å². The van der Waals surface area contributed by atoms with Gasteiger partial charge >= 0.3 is 8.80 Å². The van der Waals surface area contributed by atoms with Gasteiger partial charge in [-0.2, -0.15) is 0 Å². The van der Waals surface area contributed by atoms with E-state index in [0.717, 1.165) is 25.8 Å². The Labute approximate surface area is 134 Å². The number of hydrogen-bond acceptors (Lipinski definition) is 5. The van der Waals surface area contributed by atoms with Crippen LogP contribution in [0.1, 0.15) is 6.42 Å². The monoisotopic (exact) mass is 353 g/mol. The SMILES string of the molecule is CO[Si](CCCOCN([Si](C)(C)C)[Si](C)(C)C)(OC)OC. The van der Waals surface area contributed by atoms with E-state index in [1.807, 2.05) is 0 Å². The van der Waals surface area contributed by atoms with E-state index >= 15 is 0 Å². The maximum atomic E-state index is 5.93. The molecule has 5 nitrogen and oxygen atoms in total. The molecule has 0 heterocycles. The van der Waals surface area contributed by atoms with Gasteiger partial charge in [0.15, 0.2) is 0 Å². The van der Waals surface area contributed by atoms with Crippen molar-refractivity contribution in [2.45, 2.75) is 51.7 Å². The molecule has 0 unspecified atom stereocenters. The van der Waals surface area contributed by atoms with Gasteiger partial charge in [0, 0.05) is 34.0 Å². The molecule has 0 amide bonds. The first kappa shape index (κ1) is 21.5. The minimum atomic E-state index is -2.44. The molecular formula is C13H35NO4Si3. The van der Waals surface area contributed by atoms with Crippen LogP contribution < -0.4 is 0 Å². The summed E-state index contributed by atoms with van der Waals surface area (Å²) < 4.78 is 24.8. The third-order valence-corrected chi connectivity index (χ3v) is 13.9.